The molecular weight excluding hydrogens is 592 g/mol. The average Bonchev–Trinajstić information content (AvgIpc) is 3.77. The number of alkyl halides is 2. The third-order valence-corrected chi connectivity index (χ3v) is 7.38. The van der Waals surface area contributed by atoms with E-state index >= 15 is 8.78 Å². The minimum Gasteiger partial charge on any atom is -0.444 e. The van der Waals surface area contributed by atoms with E-state index in [2.05, 4.69) is 0 Å². The molecule has 1 aliphatic carbocycles. The summed E-state index contributed by atoms with van der Waals surface area (Å²) in [6.45, 7) is 3.89. The Morgan fingerprint density at radius 1 is 1.05 bits per heavy atom. The summed E-state index contributed by atoms with van der Waals surface area (Å²) >= 11 is 6.05. The molecule has 0 radical (unpaired) electrons. The maximum Gasteiger partial charge on any atom is 0.410 e. The molecule has 1 heterocycles. The number of methoxy groups -OCH3 is 1. The molecule has 0 unspecified atom stereocenters. The molecule has 7 nitrogen and oxygen atoms in total. The first-order valence-corrected chi connectivity index (χ1v) is 14.3. The standard InChI is InChI=1S/C31H35ClF4N2O5/c1-30(2,3)43-29(40)37-15-23(28(39)38(21-9-10-21)16-22-24(33)11-12-25(34)27(22)32)26(31(35,36)18-37)20-7-5-19(6-8-20)17-42-14-13-41-4/h5-8,11-12,21H,9-10,13-18H2,1-4H3. The number of nitrogens with zero attached hydrogens (tertiary/aromatic N) is 2. The van der Waals surface area contributed by atoms with Crippen LogP contribution in [0.3, 0.4) is 0 Å². The van der Waals surface area contributed by atoms with Gasteiger partial charge in [0.15, 0.2) is 0 Å². The Kier molecular flexibility index (Phi) is 10.1. The van der Waals surface area contributed by atoms with Gasteiger partial charge in [0.25, 0.3) is 11.8 Å². The summed E-state index contributed by atoms with van der Waals surface area (Å²) < 4.78 is 76.8. The van der Waals surface area contributed by atoms with Gasteiger partial charge in [-0.15, -0.1) is 0 Å². The molecule has 1 saturated carbocycles. The van der Waals surface area contributed by atoms with Crippen LogP contribution in [0, 0.1) is 11.6 Å². The molecule has 2 aromatic rings. The molecule has 0 atom stereocenters. The van der Waals surface area contributed by atoms with Crippen molar-refractivity contribution >= 4 is 29.2 Å². The number of carbonyl (C=O) groups excluding carboxylic acids is 2. The molecule has 2 amide bonds. The van der Waals surface area contributed by atoms with Gasteiger partial charge in [0, 0.05) is 29.9 Å². The molecule has 0 aromatic heterocycles. The highest BCUT2D eigenvalue weighted by Gasteiger charge is 2.48. The highest BCUT2D eigenvalue weighted by atomic mass is 35.5. The summed E-state index contributed by atoms with van der Waals surface area (Å²) in [6, 6.07) is 7.56. The zero-order chi connectivity index (χ0) is 31.5. The third kappa shape index (κ3) is 8.07. The second-order valence-electron chi connectivity index (χ2n) is 11.6. The van der Waals surface area contributed by atoms with E-state index in [4.69, 9.17) is 25.8 Å². The Morgan fingerprint density at radius 2 is 1.70 bits per heavy atom. The van der Waals surface area contributed by atoms with E-state index < -0.39 is 71.4 Å². The van der Waals surface area contributed by atoms with Crippen LogP contribution in [0.5, 0.6) is 0 Å². The fourth-order valence-electron chi connectivity index (χ4n) is 4.79. The van der Waals surface area contributed by atoms with Crippen molar-refractivity contribution in [3.05, 3.63) is 75.3 Å². The van der Waals surface area contributed by atoms with Gasteiger partial charge in [-0.25, -0.2) is 13.6 Å². The van der Waals surface area contributed by atoms with E-state index in [9.17, 15) is 18.4 Å². The molecule has 2 aromatic carbocycles. The highest BCUT2D eigenvalue weighted by Crippen LogP contribution is 2.42. The van der Waals surface area contributed by atoms with Crippen LogP contribution in [0.25, 0.3) is 5.57 Å². The molecule has 0 saturated heterocycles. The number of hydrogen-bond donors (Lipinski definition) is 0. The van der Waals surface area contributed by atoms with E-state index in [-0.39, 0.29) is 23.3 Å². The van der Waals surface area contributed by atoms with Crippen LogP contribution in [0.1, 0.15) is 50.3 Å². The molecule has 234 valence electrons. The highest BCUT2D eigenvalue weighted by molar-refractivity contribution is 6.31. The summed E-state index contributed by atoms with van der Waals surface area (Å²) in [5.41, 5.74) is -1.30. The van der Waals surface area contributed by atoms with E-state index in [1.165, 1.54) is 17.0 Å². The Bertz CT molecular complexity index is 1370. The van der Waals surface area contributed by atoms with Gasteiger partial charge in [-0.1, -0.05) is 35.9 Å². The van der Waals surface area contributed by atoms with Gasteiger partial charge in [-0.2, -0.15) is 8.78 Å². The van der Waals surface area contributed by atoms with Gasteiger partial charge in [0.1, 0.15) is 17.2 Å². The van der Waals surface area contributed by atoms with Crippen LogP contribution in [-0.4, -0.2) is 72.8 Å². The van der Waals surface area contributed by atoms with E-state index in [0.717, 1.165) is 22.6 Å². The fraction of sp³-hybridized carbons (Fsp3) is 0.484. The molecular formula is C31H35ClF4N2O5. The van der Waals surface area contributed by atoms with Crippen LogP contribution in [0.15, 0.2) is 42.0 Å². The van der Waals surface area contributed by atoms with Gasteiger partial charge in [0.2, 0.25) is 0 Å². The summed E-state index contributed by atoms with van der Waals surface area (Å²) in [6.07, 6.45) is 0.0944. The first-order chi connectivity index (χ1) is 20.2. The second-order valence-corrected chi connectivity index (χ2v) is 12.0. The Balaban J connectivity index is 1.75. The van der Waals surface area contributed by atoms with E-state index in [0.29, 0.717) is 26.1 Å². The summed E-state index contributed by atoms with van der Waals surface area (Å²) in [5, 5.41) is -0.486. The largest absolute Gasteiger partial charge is 0.444 e. The lowest BCUT2D eigenvalue weighted by molar-refractivity contribution is -0.129. The van der Waals surface area contributed by atoms with Crippen LogP contribution >= 0.6 is 11.6 Å². The molecule has 0 spiro atoms. The lowest BCUT2D eigenvalue weighted by Crippen LogP contribution is -2.51. The molecule has 0 N–H and O–H groups in total. The van der Waals surface area contributed by atoms with Crippen molar-refractivity contribution in [1.29, 1.82) is 0 Å². The number of carbonyl (C=O) groups is 2. The van der Waals surface area contributed by atoms with Crippen molar-refractivity contribution in [2.45, 2.75) is 64.3 Å². The van der Waals surface area contributed by atoms with Crippen molar-refractivity contribution in [3.8, 4) is 0 Å². The van der Waals surface area contributed by atoms with Crippen molar-refractivity contribution < 1.29 is 41.4 Å². The Hall–Kier alpha value is -3.15. The van der Waals surface area contributed by atoms with Crippen molar-refractivity contribution in [3.63, 3.8) is 0 Å². The SMILES string of the molecule is COCCOCc1ccc(C2=C(C(=O)N(Cc3c(F)ccc(F)c3Cl)C3CC3)CN(C(=O)OC(C)(C)C)CC2(F)F)cc1. The average molecular weight is 627 g/mol. The van der Waals surface area contributed by atoms with Gasteiger partial charge in [0.05, 0.1) is 44.5 Å². The van der Waals surface area contributed by atoms with Crippen molar-refractivity contribution in [2.24, 2.45) is 0 Å². The topological polar surface area (TPSA) is 68.3 Å². The Morgan fingerprint density at radius 3 is 2.30 bits per heavy atom. The lowest BCUT2D eigenvalue weighted by atomic mass is 9.89. The fourth-order valence-corrected chi connectivity index (χ4v) is 5.00. The minimum atomic E-state index is -3.65. The molecule has 2 aliphatic rings. The quantitative estimate of drug-likeness (QED) is 0.169. The summed E-state index contributed by atoms with van der Waals surface area (Å²) in [5.74, 6) is -6.16. The van der Waals surface area contributed by atoms with Crippen LogP contribution in [-0.2, 0) is 32.2 Å². The number of benzene rings is 2. The number of ether oxygens (including phenoxy) is 3. The van der Waals surface area contributed by atoms with Gasteiger partial charge < -0.3 is 19.1 Å². The number of amides is 2. The first kappa shape index (κ1) is 32.8. The van der Waals surface area contributed by atoms with Gasteiger partial charge in [-0.05, 0) is 56.9 Å². The van der Waals surface area contributed by atoms with Gasteiger partial charge >= 0.3 is 6.09 Å². The third-order valence-electron chi connectivity index (χ3n) is 6.97. The maximum absolute atomic E-state index is 16.0. The Labute approximate surface area is 253 Å². The molecule has 0 bridgehead atoms. The molecule has 4 rings (SSSR count). The molecule has 1 aliphatic heterocycles. The van der Waals surface area contributed by atoms with E-state index in [1.54, 1.807) is 40.0 Å². The zero-order valence-electron chi connectivity index (χ0n) is 24.5. The number of hydrogen-bond acceptors (Lipinski definition) is 5. The molecule has 43 heavy (non-hydrogen) atoms. The maximum atomic E-state index is 16.0. The minimum absolute atomic E-state index is 0.0866. The second kappa shape index (κ2) is 13.2. The van der Waals surface area contributed by atoms with Gasteiger partial charge in [-0.3, -0.25) is 9.69 Å². The van der Waals surface area contributed by atoms with Crippen LogP contribution < -0.4 is 0 Å². The molecule has 1 fully saturated rings. The van der Waals surface area contributed by atoms with Crippen LogP contribution in [0.4, 0.5) is 22.4 Å². The predicted octanol–water partition coefficient (Wildman–Crippen LogP) is 6.61. The zero-order valence-corrected chi connectivity index (χ0v) is 25.3. The number of rotatable bonds is 10. The summed E-state index contributed by atoms with van der Waals surface area (Å²) in [7, 11) is 1.55. The van der Waals surface area contributed by atoms with E-state index in [1.807, 2.05) is 0 Å². The predicted molar refractivity (Wildman–Crippen MR) is 153 cm³/mol. The monoisotopic (exact) mass is 626 g/mol. The van der Waals surface area contributed by atoms with Crippen molar-refractivity contribution in [2.75, 3.05) is 33.4 Å². The number of halogens is 5. The normalized spacial score (nSPS) is 16.8. The molecule has 12 heteroatoms. The van der Waals surface area contributed by atoms with Crippen molar-refractivity contribution in [1.82, 2.24) is 9.80 Å². The lowest BCUT2D eigenvalue weighted by Gasteiger charge is -2.38. The summed E-state index contributed by atoms with van der Waals surface area (Å²) in [4.78, 5) is 29.1. The first-order valence-electron chi connectivity index (χ1n) is 13.9. The smallest absolute Gasteiger partial charge is 0.410 e. The van der Waals surface area contributed by atoms with Crippen LogP contribution in [0.2, 0.25) is 5.02 Å².